The highest BCUT2D eigenvalue weighted by atomic mass is 35.5. The smallest absolute Gasteiger partial charge is 0.537 e. The molecule has 0 saturated heterocycles. The van der Waals surface area contributed by atoms with Gasteiger partial charge in [0.05, 0.1) is 5.38 Å². The van der Waals surface area contributed by atoms with Crippen LogP contribution >= 0.6 is 34.8 Å². The number of alkyl halides is 1. The third-order valence-electron chi connectivity index (χ3n) is 4.75. The summed E-state index contributed by atoms with van der Waals surface area (Å²) < 4.78 is 4.63. The summed E-state index contributed by atoms with van der Waals surface area (Å²) in [6, 6.07) is 14.9. The first-order chi connectivity index (χ1) is 14.6. The molecule has 4 rings (SSSR count). The van der Waals surface area contributed by atoms with Crippen molar-refractivity contribution < 1.29 is 9.68 Å². The zero-order valence-electron chi connectivity index (χ0n) is 16.9. The largest absolute Gasteiger partial charge is 0.569 e. The summed E-state index contributed by atoms with van der Waals surface area (Å²) in [5.41, 5.74) is 1.39. The molecule has 2 aliphatic rings. The number of rotatable bonds is 3. The molecule has 6 heteroatoms. The van der Waals surface area contributed by atoms with E-state index in [9.17, 15) is 0 Å². The molecule has 1 unspecified atom stereocenters. The lowest BCUT2D eigenvalue weighted by Crippen LogP contribution is -1.98. The Hall–Kier alpha value is -1.39. The van der Waals surface area contributed by atoms with Crippen LogP contribution in [0.1, 0.15) is 50.0 Å². The summed E-state index contributed by atoms with van der Waals surface area (Å²) in [7, 11) is 0.628. The van der Waals surface area contributed by atoms with Crippen molar-refractivity contribution in [1.82, 2.24) is 0 Å². The maximum absolute atomic E-state index is 8.21. The first-order valence-electron chi connectivity index (χ1n) is 10.2. The highest BCUT2D eigenvalue weighted by Crippen LogP contribution is 2.28. The summed E-state index contributed by atoms with van der Waals surface area (Å²) in [6.45, 7) is 0. The molecule has 1 N–H and O–H groups in total. The van der Waals surface area contributed by atoms with Gasteiger partial charge >= 0.3 is 7.69 Å². The third kappa shape index (κ3) is 10.1. The average molecular weight is 465 g/mol. The predicted molar refractivity (Wildman–Crippen MR) is 130 cm³/mol. The lowest BCUT2D eigenvalue weighted by atomic mass is 9.89. The van der Waals surface area contributed by atoms with E-state index in [4.69, 9.17) is 39.8 Å². The Balaban J connectivity index is 0.000000168. The monoisotopic (exact) mass is 463 g/mol. The first kappa shape index (κ1) is 24.9. The normalized spacial score (nSPS) is 19.6. The quantitative estimate of drug-likeness (QED) is 0.286. The topological polar surface area (TPSA) is 29.5 Å². The van der Waals surface area contributed by atoms with Crippen LogP contribution in [0, 0.1) is 0 Å². The van der Waals surface area contributed by atoms with Crippen LogP contribution in [0.4, 0.5) is 0 Å². The van der Waals surface area contributed by atoms with Crippen LogP contribution in [-0.2, 0) is 0 Å². The van der Waals surface area contributed by atoms with E-state index < -0.39 is 0 Å². The van der Waals surface area contributed by atoms with E-state index in [-0.39, 0.29) is 0 Å². The molecule has 2 atom stereocenters. The maximum Gasteiger partial charge on any atom is 0.569 e. The Bertz CT molecular complexity index is 776. The van der Waals surface area contributed by atoms with E-state index in [1.54, 1.807) is 24.3 Å². The number of benzene rings is 2. The van der Waals surface area contributed by atoms with Gasteiger partial charge in [-0.3, -0.25) is 0 Å². The molecule has 0 saturated carbocycles. The van der Waals surface area contributed by atoms with Crippen molar-refractivity contribution in [1.29, 1.82) is 0 Å². The molecular formula is C24H27BCl3O2. The third-order valence-corrected chi connectivity index (χ3v) is 5.62. The Kier molecular flexibility index (Phi) is 12.1. The van der Waals surface area contributed by atoms with Gasteiger partial charge in [0.2, 0.25) is 0 Å². The van der Waals surface area contributed by atoms with E-state index >= 15 is 0 Å². The van der Waals surface area contributed by atoms with Gasteiger partial charge in [-0.2, -0.15) is 0 Å². The molecular weight excluding hydrogens is 437 g/mol. The fourth-order valence-corrected chi connectivity index (χ4v) is 3.65. The molecule has 0 aliphatic heterocycles. The molecule has 0 aromatic heterocycles. The predicted octanol–water partition coefficient (Wildman–Crippen LogP) is 7.74. The molecule has 2 aliphatic carbocycles. The molecule has 0 bridgehead atoms. The standard InChI is InChI=1S/C12H13Cl.C6H5BClO2.C6H9Cl/c13-12-8-6-11(7-9-12)10-4-2-1-3-5-10;8-5-1-3-6(4-2-5)10-7-9;7-6-4-2-1-3-5-6/h2,4,6-10H,1,3,5H2;1-4,9H;2,4,6H,1,3,5H2/t10-;;/m1../s1. The SMILES string of the molecule is ClC1C=CCCC1.Clc1ccc([C@@H]2C=CCCC2)cc1.O[B]Oc1ccc(Cl)cc1. The second kappa shape index (κ2) is 14.6. The Morgan fingerprint density at radius 1 is 0.800 bits per heavy atom. The first-order valence-corrected chi connectivity index (χ1v) is 11.4. The molecule has 2 aromatic carbocycles. The Morgan fingerprint density at radius 2 is 1.37 bits per heavy atom. The molecule has 0 amide bonds. The minimum atomic E-state index is 0.328. The minimum Gasteiger partial charge on any atom is -0.537 e. The molecule has 159 valence electrons. The van der Waals surface area contributed by atoms with Crippen molar-refractivity contribution >= 4 is 42.5 Å². The summed E-state index contributed by atoms with van der Waals surface area (Å²) in [5, 5.41) is 10.0. The fourth-order valence-electron chi connectivity index (χ4n) is 3.14. The molecule has 30 heavy (non-hydrogen) atoms. The van der Waals surface area contributed by atoms with Crippen molar-refractivity contribution in [3.63, 3.8) is 0 Å². The Labute approximate surface area is 195 Å². The molecule has 2 aromatic rings. The molecule has 0 heterocycles. The molecule has 1 radical (unpaired) electrons. The van der Waals surface area contributed by atoms with Gasteiger partial charge in [0.15, 0.2) is 0 Å². The second-order valence-corrected chi connectivity index (χ2v) is 8.50. The molecule has 2 nitrogen and oxygen atoms in total. The van der Waals surface area contributed by atoms with Crippen LogP contribution in [0.25, 0.3) is 0 Å². The Morgan fingerprint density at radius 3 is 1.80 bits per heavy atom. The molecule has 0 spiro atoms. The van der Waals surface area contributed by atoms with Gasteiger partial charge < -0.3 is 9.68 Å². The van der Waals surface area contributed by atoms with Gasteiger partial charge in [-0.05, 0) is 80.5 Å². The van der Waals surface area contributed by atoms with Crippen molar-refractivity contribution in [2.45, 2.75) is 49.8 Å². The lowest BCUT2D eigenvalue weighted by Gasteiger charge is -2.16. The second-order valence-electron chi connectivity index (χ2n) is 7.07. The van der Waals surface area contributed by atoms with Crippen LogP contribution in [0.2, 0.25) is 10.0 Å². The van der Waals surface area contributed by atoms with Crippen molar-refractivity contribution in [2.24, 2.45) is 0 Å². The van der Waals surface area contributed by atoms with Gasteiger partial charge in [-0.1, -0.05) is 59.6 Å². The average Bonchev–Trinajstić information content (AvgIpc) is 2.78. The minimum absolute atomic E-state index is 0.328. The van der Waals surface area contributed by atoms with Crippen molar-refractivity contribution in [3.05, 3.63) is 88.4 Å². The van der Waals surface area contributed by atoms with Gasteiger partial charge in [0, 0.05) is 16.0 Å². The molecule has 0 fully saturated rings. The van der Waals surface area contributed by atoms with E-state index in [0.717, 1.165) is 11.4 Å². The summed E-state index contributed by atoms with van der Waals surface area (Å²) in [4.78, 5) is 0. The highest BCUT2D eigenvalue weighted by Gasteiger charge is 2.09. The zero-order valence-corrected chi connectivity index (χ0v) is 19.2. The maximum atomic E-state index is 8.21. The van der Waals surface area contributed by atoms with Crippen LogP contribution < -0.4 is 4.65 Å². The van der Waals surface area contributed by atoms with Gasteiger partial charge in [0.1, 0.15) is 5.75 Å². The zero-order chi connectivity index (χ0) is 21.6. The number of hydrogen-bond acceptors (Lipinski definition) is 2. The number of hydrogen-bond donors (Lipinski definition) is 1. The van der Waals surface area contributed by atoms with Crippen LogP contribution in [-0.4, -0.2) is 18.1 Å². The number of halogens is 3. The fraction of sp³-hybridized carbons (Fsp3) is 0.333. The summed E-state index contributed by atoms with van der Waals surface area (Å²) in [6.07, 6.45) is 16.3. The van der Waals surface area contributed by atoms with E-state index in [1.807, 2.05) is 12.1 Å². The van der Waals surface area contributed by atoms with Crippen LogP contribution in [0.5, 0.6) is 5.75 Å². The summed E-state index contributed by atoms with van der Waals surface area (Å²) >= 11 is 17.1. The van der Waals surface area contributed by atoms with Crippen molar-refractivity contribution in [3.8, 4) is 5.75 Å². The van der Waals surface area contributed by atoms with Gasteiger partial charge in [-0.15, -0.1) is 11.6 Å². The highest BCUT2D eigenvalue weighted by molar-refractivity contribution is 6.30. The lowest BCUT2D eigenvalue weighted by molar-refractivity contribution is 0.454. The summed E-state index contributed by atoms with van der Waals surface area (Å²) in [5.74, 6) is 1.18. The van der Waals surface area contributed by atoms with E-state index in [0.29, 0.717) is 29.8 Å². The number of allylic oxidation sites excluding steroid dienone is 4. The van der Waals surface area contributed by atoms with Crippen molar-refractivity contribution in [2.75, 3.05) is 0 Å². The van der Waals surface area contributed by atoms with E-state index in [1.165, 1.54) is 37.7 Å². The van der Waals surface area contributed by atoms with Gasteiger partial charge in [-0.25, -0.2) is 0 Å². The van der Waals surface area contributed by atoms with Crippen LogP contribution in [0.3, 0.4) is 0 Å². The van der Waals surface area contributed by atoms with Gasteiger partial charge in [0.25, 0.3) is 0 Å². The van der Waals surface area contributed by atoms with Crippen LogP contribution in [0.15, 0.2) is 72.8 Å². The van der Waals surface area contributed by atoms with E-state index in [2.05, 4.69) is 41.1 Å².